The average Bonchev–Trinajstić information content (AvgIpc) is 2.72. The van der Waals surface area contributed by atoms with Crippen LogP contribution in [0.1, 0.15) is 31.2 Å². The number of nitrogens with one attached hydrogen (secondary N) is 1. The van der Waals surface area contributed by atoms with Crippen molar-refractivity contribution in [3.05, 3.63) is 35.6 Å². The van der Waals surface area contributed by atoms with Crippen molar-refractivity contribution in [3.63, 3.8) is 0 Å². The number of para-hydroxylation sites is 1. The van der Waals surface area contributed by atoms with Crippen molar-refractivity contribution in [3.8, 4) is 0 Å². The fourth-order valence-corrected chi connectivity index (χ4v) is 2.28. The molecule has 0 bridgehead atoms. The highest BCUT2D eigenvalue weighted by atomic mass is 19.4. The molecule has 5 heteroatoms. The number of halogens is 3. The number of fused-ring (bicyclic) bond motifs is 1. The van der Waals surface area contributed by atoms with Gasteiger partial charge in [-0.15, -0.1) is 0 Å². The van der Waals surface area contributed by atoms with Crippen LogP contribution in [0.4, 0.5) is 13.2 Å². The number of alkyl halides is 3. The molecule has 2 rings (SSSR count). The predicted molar refractivity (Wildman–Crippen MR) is 68.1 cm³/mol. The number of furan rings is 1. The van der Waals surface area contributed by atoms with Crippen molar-refractivity contribution >= 4 is 11.0 Å². The zero-order valence-corrected chi connectivity index (χ0v) is 10.8. The molecule has 1 N–H and O–H groups in total. The molecule has 1 aromatic heterocycles. The maximum atomic E-state index is 13.2. The highest BCUT2D eigenvalue weighted by Crippen LogP contribution is 2.39. The zero-order chi connectivity index (χ0) is 14.0. The molecule has 1 unspecified atom stereocenters. The summed E-state index contributed by atoms with van der Waals surface area (Å²) in [7, 11) is 0. The SMILES string of the molecule is CCNC(c1c(CC)oc2ccccc12)C(F)(F)F. The van der Waals surface area contributed by atoms with Crippen LogP contribution >= 0.6 is 0 Å². The van der Waals surface area contributed by atoms with Crippen LogP contribution in [0, 0.1) is 0 Å². The lowest BCUT2D eigenvalue weighted by Crippen LogP contribution is -2.34. The van der Waals surface area contributed by atoms with Gasteiger partial charge in [-0.3, -0.25) is 0 Å². The minimum absolute atomic E-state index is 0.215. The minimum Gasteiger partial charge on any atom is -0.461 e. The second kappa shape index (κ2) is 5.25. The predicted octanol–water partition coefficient (Wildman–Crippen LogP) is 4.21. The maximum Gasteiger partial charge on any atom is 0.408 e. The molecule has 2 nitrogen and oxygen atoms in total. The summed E-state index contributed by atoms with van der Waals surface area (Å²) in [6, 6.07) is 5.15. The molecule has 0 aliphatic rings. The van der Waals surface area contributed by atoms with E-state index in [0.717, 1.165) is 0 Å². The smallest absolute Gasteiger partial charge is 0.408 e. The lowest BCUT2D eigenvalue weighted by molar-refractivity contribution is -0.157. The summed E-state index contributed by atoms with van der Waals surface area (Å²) >= 11 is 0. The first-order valence-electron chi connectivity index (χ1n) is 6.29. The second-order valence-electron chi connectivity index (χ2n) is 4.32. The van der Waals surface area contributed by atoms with Gasteiger partial charge in [0.25, 0.3) is 0 Å². The highest BCUT2D eigenvalue weighted by molar-refractivity contribution is 5.83. The average molecular weight is 271 g/mol. The fourth-order valence-electron chi connectivity index (χ4n) is 2.28. The number of rotatable bonds is 4. The third-order valence-electron chi connectivity index (χ3n) is 3.06. The Kier molecular flexibility index (Phi) is 3.85. The molecule has 2 aromatic rings. The van der Waals surface area contributed by atoms with E-state index in [4.69, 9.17) is 4.42 Å². The van der Waals surface area contributed by atoms with E-state index in [9.17, 15) is 13.2 Å². The monoisotopic (exact) mass is 271 g/mol. The Balaban J connectivity index is 2.63. The van der Waals surface area contributed by atoms with Crippen LogP contribution < -0.4 is 5.32 Å². The molecule has 0 spiro atoms. The van der Waals surface area contributed by atoms with E-state index in [1.54, 1.807) is 38.1 Å². The molecule has 0 saturated heterocycles. The van der Waals surface area contributed by atoms with Crippen molar-refractivity contribution in [2.75, 3.05) is 6.54 Å². The summed E-state index contributed by atoms with van der Waals surface area (Å²) in [5, 5.41) is 3.04. The van der Waals surface area contributed by atoms with Crippen molar-refractivity contribution in [2.24, 2.45) is 0 Å². The van der Waals surface area contributed by atoms with Gasteiger partial charge >= 0.3 is 6.18 Å². The summed E-state index contributed by atoms with van der Waals surface area (Å²) in [4.78, 5) is 0. The van der Waals surface area contributed by atoms with Crippen LogP contribution in [0.2, 0.25) is 0 Å². The molecule has 0 aliphatic heterocycles. The zero-order valence-electron chi connectivity index (χ0n) is 10.8. The standard InChI is InChI=1S/C14H16F3NO/c1-3-10-12(13(18-4-2)14(15,16)17)9-7-5-6-8-11(9)19-10/h5-8,13,18H,3-4H2,1-2H3. The molecule has 1 aromatic carbocycles. The third-order valence-corrected chi connectivity index (χ3v) is 3.06. The van der Waals surface area contributed by atoms with Crippen LogP contribution in [-0.4, -0.2) is 12.7 Å². The number of aryl methyl sites for hydroxylation is 1. The topological polar surface area (TPSA) is 25.2 Å². The van der Waals surface area contributed by atoms with E-state index < -0.39 is 12.2 Å². The van der Waals surface area contributed by atoms with Gasteiger partial charge in [0.05, 0.1) is 0 Å². The minimum atomic E-state index is -4.34. The van der Waals surface area contributed by atoms with Gasteiger partial charge in [-0.25, -0.2) is 0 Å². The lowest BCUT2D eigenvalue weighted by Gasteiger charge is -2.21. The van der Waals surface area contributed by atoms with Crippen molar-refractivity contribution in [2.45, 2.75) is 32.5 Å². The Bertz CT molecular complexity index is 559. The van der Waals surface area contributed by atoms with E-state index in [-0.39, 0.29) is 12.1 Å². The Morgan fingerprint density at radius 1 is 1.21 bits per heavy atom. The molecule has 1 atom stereocenters. The highest BCUT2D eigenvalue weighted by Gasteiger charge is 2.43. The van der Waals surface area contributed by atoms with Crippen LogP contribution in [0.3, 0.4) is 0 Å². The molecule has 1 heterocycles. The maximum absolute atomic E-state index is 13.2. The van der Waals surface area contributed by atoms with Gasteiger partial charge in [-0.1, -0.05) is 32.0 Å². The van der Waals surface area contributed by atoms with Gasteiger partial charge < -0.3 is 9.73 Å². The molecule has 0 saturated carbocycles. The van der Waals surface area contributed by atoms with Crippen LogP contribution in [0.25, 0.3) is 11.0 Å². The normalized spacial score (nSPS) is 13.9. The van der Waals surface area contributed by atoms with E-state index in [1.807, 2.05) is 0 Å². The summed E-state index contributed by atoms with van der Waals surface area (Å²) in [5.74, 6) is 0.393. The summed E-state index contributed by atoms with van der Waals surface area (Å²) in [6.45, 7) is 3.69. The Morgan fingerprint density at radius 2 is 1.89 bits per heavy atom. The molecule has 0 amide bonds. The lowest BCUT2D eigenvalue weighted by atomic mass is 10.0. The first-order chi connectivity index (χ1) is 8.99. The molecule has 0 radical (unpaired) electrons. The number of hydrogen-bond donors (Lipinski definition) is 1. The molecule has 0 aliphatic carbocycles. The fraction of sp³-hybridized carbons (Fsp3) is 0.429. The molecule has 0 fully saturated rings. The Morgan fingerprint density at radius 3 is 2.47 bits per heavy atom. The van der Waals surface area contributed by atoms with Crippen molar-refractivity contribution < 1.29 is 17.6 Å². The van der Waals surface area contributed by atoms with Crippen molar-refractivity contribution in [1.29, 1.82) is 0 Å². The number of hydrogen-bond acceptors (Lipinski definition) is 2. The largest absolute Gasteiger partial charge is 0.461 e. The molecule has 104 valence electrons. The third kappa shape index (κ3) is 2.61. The van der Waals surface area contributed by atoms with Gasteiger partial charge in [0.15, 0.2) is 0 Å². The van der Waals surface area contributed by atoms with Crippen LogP contribution in [0.15, 0.2) is 28.7 Å². The van der Waals surface area contributed by atoms with Crippen molar-refractivity contribution in [1.82, 2.24) is 5.32 Å². The van der Waals surface area contributed by atoms with E-state index in [1.165, 1.54) is 0 Å². The molecular formula is C14H16F3NO. The van der Waals surface area contributed by atoms with Gasteiger partial charge in [-0.05, 0) is 12.6 Å². The summed E-state index contributed by atoms with van der Waals surface area (Å²) < 4.78 is 45.2. The number of benzene rings is 1. The van der Waals surface area contributed by atoms with Crippen LogP contribution in [0.5, 0.6) is 0 Å². The summed E-state index contributed by atoms with van der Waals surface area (Å²) in [5.41, 5.74) is 0.717. The summed E-state index contributed by atoms with van der Waals surface area (Å²) in [6.07, 6.45) is -3.91. The van der Waals surface area contributed by atoms with E-state index in [0.29, 0.717) is 23.2 Å². The van der Waals surface area contributed by atoms with E-state index in [2.05, 4.69) is 5.32 Å². The second-order valence-corrected chi connectivity index (χ2v) is 4.32. The van der Waals surface area contributed by atoms with Crippen LogP contribution in [-0.2, 0) is 6.42 Å². The first kappa shape index (κ1) is 13.9. The first-order valence-corrected chi connectivity index (χ1v) is 6.29. The van der Waals surface area contributed by atoms with Gasteiger partial charge in [0.1, 0.15) is 17.4 Å². The van der Waals surface area contributed by atoms with Gasteiger partial charge in [0.2, 0.25) is 0 Å². The van der Waals surface area contributed by atoms with Gasteiger partial charge in [0, 0.05) is 17.4 Å². The Labute approximate surface area is 109 Å². The molecular weight excluding hydrogens is 255 g/mol. The Hall–Kier alpha value is -1.49. The van der Waals surface area contributed by atoms with Gasteiger partial charge in [-0.2, -0.15) is 13.2 Å². The van der Waals surface area contributed by atoms with E-state index >= 15 is 0 Å². The molecule has 19 heavy (non-hydrogen) atoms. The quantitative estimate of drug-likeness (QED) is 0.901.